The molecule has 0 spiro atoms. The molecule has 0 saturated heterocycles. The van der Waals surface area contributed by atoms with Gasteiger partial charge in [0.1, 0.15) is 16.8 Å². The Hall–Kier alpha value is -1.67. The van der Waals surface area contributed by atoms with Crippen LogP contribution in [0.3, 0.4) is 0 Å². The van der Waals surface area contributed by atoms with Gasteiger partial charge in [-0.15, -0.1) is 11.3 Å². The Morgan fingerprint density at radius 3 is 2.71 bits per heavy atom. The van der Waals surface area contributed by atoms with Crippen LogP contribution in [0.4, 0.5) is 13.2 Å². The second-order valence-corrected chi connectivity index (χ2v) is 6.96. The summed E-state index contributed by atoms with van der Waals surface area (Å²) in [7, 11) is 0. The number of pyridine rings is 1. The number of rotatable bonds is 6. The summed E-state index contributed by atoms with van der Waals surface area (Å²) in [6, 6.07) is 3.19. The Morgan fingerprint density at radius 2 is 2.17 bits per heavy atom. The highest BCUT2D eigenvalue weighted by Gasteiger charge is 2.33. The van der Waals surface area contributed by atoms with Gasteiger partial charge in [-0.25, -0.2) is 4.98 Å². The van der Waals surface area contributed by atoms with Gasteiger partial charge in [0.25, 0.3) is 0 Å². The highest BCUT2D eigenvalue weighted by atomic mass is 32.2. The Bertz CT molecular complexity index is 716. The third kappa shape index (κ3) is 4.67. The summed E-state index contributed by atoms with van der Waals surface area (Å²) in [4.78, 5) is 8.33. The summed E-state index contributed by atoms with van der Waals surface area (Å²) in [6.45, 7) is -0.253. The summed E-state index contributed by atoms with van der Waals surface area (Å²) >= 11 is 2.34. The SMILES string of the molecule is N#Cc1ccc(C(F)(F)F)nc1S[C@H](C[C@@H](N)CO)c1cncs1. The molecular formula is C14H13F3N4OS2. The maximum absolute atomic E-state index is 12.9. The van der Waals surface area contributed by atoms with Gasteiger partial charge in [0.05, 0.1) is 17.7 Å². The van der Waals surface area contributed by atoms with E-state index in [9.17, 15) is 13.2 Å². The first-order valence-corrected chi connectivity index (χ1v) is 8.51. The number of nitrogens with two attached hydrogens (primary N) is 1. The van der Waals surface area contributed by atoms with Crippen molar-refractivity contribution >= 4 is 23.1 Å². The number of nitrogens with zero attached hydrogens (tertiary/aromatic N) is 3. The lowest BCUT2D eigenvalue weighted by Crippen LogP contribution is -2.26. The van der Waals surface area contributed by atoms with Crippen molar-refractivity contribution in [3.05, 3.63) is 40.0 Å². The molecule has 2 aromatic heterocycles. The van der Waals surface area contributed by atoms with Gasteiger partial charge in [0.2, 0.25) is 0 Å². The van der Waals surface area contributed by atoms with Crippen LogP contribution in [0.1, 0.15) is 27.8 Å². The number of aliphatic hydroxyl groups is 1. The normalized spacial score (nSPS) is 14.2. The number of thiazole rings is 1. The van der Waals surface area contributed by atoms with E-state index in [4.69, 9.17) is 16.1 Å². The van der Waals surface area contributed by atoms with Crippen molar-refractivity contribution in [3.63, 3.8) is 0 Å². The standard InChI is InChI=1S/C14H13F3N4OS2/c15-14(16,17)12-2-1-8(4-18)13(21-12)24-10(3-9(19)6-22)11-5-20-7-23-11/h1-2,5,7,9-10,22H,3,6,19H2/t9-,10-/m1/s1. The monoisotopic (exact) mass is 374 g/mol. The van der Waals surface area contributed by atoms with E-state index < -0.39 is 17.9 Å². The molecule has 0 saturated carbocycles. The Labute approximate surface area is 144 Å². The maximum atomic E-state index is 12.9. The molecule has 2 atom stereocenters. The zero-order chi connectivity index (χ0) is 17.7. The van der Waals surface area contributed by atoms with E-state index in [0.29, 0.717) is 6.42 Å². The molecule has 0 amide bonds. The third-order valence-electron chi connectivity index (χ3n) is 3.05. The average molecular weight is 374 g/mol. The van der Waals surface area contributed by atoms with Crippen LogP contribution in [0, 0.1) is 11.3 Å². The van der Waals surface area contributed by atoms with E-state index in [2.05, 4.69) is 9.97 Å². The number of thioether (sulfide) groups is 1. The van der Waals surface area contributed by atoms with E-state index in [-0.39, 0.29) is 22.4 Å². The summed E-state index contributed by atoms with van der Waals surface area (Å²) in [5.74, 6) is 0. The van der Waals surface area contributed by atoms with E-state index in [1.165, 1.54) is 11.3 Å². The molecule has 0 fully saturated rings. The number of aliphatic hydroxyl groups excluding tert-OH is 1. The molecule has 24 heavy (non-hydrogen) atoms. The molecule has 3 N–H and O–H groups in total. The van der Waals surface area contributed by atoms with Crippen LogP contribution in [0.25, 0.3) is 0 Å². The van der Waals surface area contributed by atoms with Crippen LogP contribution in [0.2, 0.25) is 0 Å². The highest BCUT2D eigenvalue weighted by Crippen LogP contribution is 2.41. The molecule has 128 valence electrons. The molecule has 5 nitrogen and oxygen atoms in total. The lowest BCUT2D eigenvalue weighted by Gasteiger charge is -2.18. The van der Waals surface area contributed by atoms with Crippen LogP contribution in [-0.4, -0.2) is 27.7 Å². The van der Waals surface area contributed by atoms with Gasteiger partial charge in [-0.1, -0.05) is 11.8 Å². The third-order valence-corrected chi connectivity index (χ3v) is 5.35. The summed E-state index contributed by atoms with van der Waals surface area (Å²) < 4.78 is 38.6. The second-order valence-electron chi connectivity index (χ2n) is 4.85. The lowest BCUT2D eigenvalue weighted by atomic mass is 10.1. The Kier molecular flexibility index (Phi) is 6.17. The highest BCUT2D eigenvalue weighted by molar-refractivity contribution is 7.99. The summed E-state index contributed by atoms with van der Waals surface area (Å²) in [5, 5.41) is 17.9. The number of hydrogen-bond donors (Lipinski definition) is 2. The van der Waals surface area contributed by atoms with Crippen LogP contribution in [0.15, 0.2) is 28.9 Å². The predicted molar refractivity (Wildman–Crippen MR) is 84.3 cm³/mol. The summed E-state index contributed by atoms with van der Waals surface area (Å²) in [6.07, 6.45) is -2.69. The largest absolute Gasteiger partial charge is 0.433 e. The molecule has 0 unspecified atom stereocenters. The van der Waals surface area contributed by atoms with Gasteiger partial charge in [0, 0.05) is 22.4 Å². The molecule has 2 heterocycles. The smallest absolute Gasteiger partial charge is 0.395 e. The number of alkyl halides is 3. The molecule has 0 aromatic carbocycles. The fourth-order valence-corrected chi connectivity index (χ4v) is 3.97. The molecule has 0 radical (unpaired) electrons. The van der Waals surface area contributed by atoms with Gasteiger partial charge in [-0.3, -0.25) is 4.98 Å². The van der Waals surface area contributed by atoms with Crippen molar-refractivity contribution in [2.24, 2.45) is 5.73 Å². The molecule has 0 aliphatic rings. The van der Waals surface area contributed by atoms with Gasteiger partial charge < -0.3 is 10.8 Å². The zero-order valence-corrected chi connectivity index (χ0v) is 13.8. The van der Waals surface area contributed by atoms with Crippen LogP contribution >= 0.6 is 23.1 Å². The first-order valence-electron chi connectivity index (χ1n) is 6.75. The molecular weight excluding hydrogens is 361 g/mol. The fraction of sp³-hybridized carbons (Fsp3) is 0.357. The Balaban J connectivity index is 2.36. The Morgan fingerprint density at radius 1 is 1.42 bits per heavy atom. The molecule has 0 bridgehead atoms. The maximum Gasteiger partial charge on any atom is 0.433 e. The van der Waals surface area contributed by atoms with Gasteiger partial charge in [-0.05, 0) is 18.6 Å². The first kappa shape index (κ1) is 18.7. The van der Waals surface area contributed by atoms with Crippen molar-refractivity contribution in [2.45, 2.75) is 28.9 Å². The number of aromatic nitrogens is 2. The van der Waals surface area contributed by atoms with Crippen LogP contribution in [0.5, 0.6) is 0 Å². The van der Waals surface area contributed by atoms with Crippen LogP contribution in [-0.2, 0) is 6.18 Å². The minimum atomic E-state index is -4.59. The van der Waals surface area contributed by atoms with Gasteiger partial charge >= 0.3 is 6.18 Å². The number of hydrogen-bond acceptors (Lipinski definition) is 7. The lowest BCUT2D eigenvalue weighted by molar-refractivity contribution is -0.141. The minimum absolute atomic E-state index is 0.0177. The van der Waals surface area contributed by atoms with E-state index in [0.717, 1.165) is 28.8 Å². The number of nitriles is 1. The predicted octanol–water partition coefficient (Wildman–Crippen LogP) is 2.97. The molecule has 2 rings (SSSR count). The fourth-order valence-electron chi connectivity index (χ4n) is 1.86. The van der Waals surface area contributed by atoms with Gasteiger partial charge in [-0.2, -0.15) is 18.4 Å². The molecule has 0 aliphatic heterocycles. The van der Waals surface area contributed by atoms with Crippen molar-refractivity contribution < 1.29 is 18.3 Å². The van der Waals surface area contributed by atoms with E-state index >= 15 is 0 Å². The van der Waals surface area contributed by atoms with Crippen LogP contribution < -0.4 is 5.73 Å². The average Bonchev–Trinajstić information content (AvgIpc) is 3.07. The van der Waals surface area contributed by atoms with E-state index in [1.54, 1.807) is 11.7 Å². The molecule has 10 heteroatoms. The topological polar surface area (TPSA) is 95.8 Å². The van der Waals surface area contributed by atoms with E-state index in [1.807, 2.05) is 6.07 Å². The van der Waals surface area contributed by atoms with Crippen molar-refractivity contribution in [1.82, 2.24) is 9.97 Å². The summed E-state index contributed by atoms with van der Waals surface area (Å²) in [5.41, 5.74) is 6.35. The van der Waals surface area contributed by atoms with Crippen molar-refractivity contribution in [1.29, 1.82) is 5.26 Å². The van der Waals surface area contributed by atoms with Crippen molar-refractivity contribution in [2.75, 3.05) is 6.61 Å². The second kappa shape index (κ2) is 7.94. The minimum Gasteiger partial charge on any atom is -0.395 e. The molecule has 0 aliphatic carbocycles. The first-order chi connectivity index (χ1) is 11.3. The molecule has 2 aromatic rings. The number of halogens is 3. The quantitative estimate of drug-likeness (QED) is 0.755. The van der Waals surface area contributed by atoms with Gasteiger partial charge in [0.15, 0.2) is 0 Å². The van der Waals surface area contributed by atoms with Crippen molar-refractivity contribution in [3.8, 4) is 6.07 Å². The zero-order valence-electron chi connectivity index (χ0n) is 12.2.